The maximum Gasteiger partial charge on any atom is 0.240 e. The van der Waals surface area contributed by atoms with E-state index < -0.39 is 10.0 Å². The minimum Gasteiger partial charge on any atom is -0.486 e. The van der Waals surface area contributed by atoms with E-state index >= 15 is 0 Å². The summed E-state index contributed by atoms with van der Waals surface area (Å²) in [6.45, 7) is 6.71. The van der Waals surface area contributed by atoms with Crippen LogP contribution in [0.2, 0.25) is 0 Å². The Labute approximate surface area is 114 Å². The summed E-state index contributed by atoms with van der Waals surface area (Å²) < 4.78 is 37.9. The van der Waals surface area contributed by atoms with E-state index in [1.165, 1.54) is 12.1 Å². The molecule has 0 radical (unpaired) electrons. The SMILES string of the molecule is CC(C)C(C)NS(=O)(=O)c1ccc2c(c1)OCCO2. The van der Waals surface area contributed by atoms with Crippen LogP contribution in [0.3, 0.4) is 0 Å². The van der Waals surface area contributed by atoms with Crippen LogP contribution in [-0.2, 0) is 10.0 Å². The van der Waals surface area contributed by atoms with E-state index in [0.29, 0.717) is 24.7 Å². The predicted octanol–water partition coefficient (Wildman–Crippen LogP) is 1.78. The summed E-state index contributed by atoms with van der Waals surface area (Å²) in [5.74, 6) is 1.29. The maximum absolute atomic E-state index is 12.2. The minimum absolute atomic E-state index is 0.127. The van der Waals surface area contributed by atoms with E-state index in [0.717, 1.165) is 0 Å². The van der Waals surface area contributed by atoms with Gasteiger partial charge in [-0.2, -0.15) is 0 Å². The van der Waals surface area contributed by atoms with Gasteiger partial charge in [-0.05, 0) is 25.0 Å². The standard InChI is InChI=1S/C13H19NO4S/c1-9(2)10(3)14-19(15,16)11-4-5-12-13(8-11)18-7-6-17-12/h4-5,8-10,14H,6-7H2,1-3H3. The normalized spacial score (nSPS) is 16.4. The molecule has 1 aliphatic heterocycles. The summed E-state index contributed by atoms with van der Waals surface area (Å²) in [7, 11) is -3.52. The Hall–Kier alpha value is -1.27. The first kappa shape index (κ1) is 14.1. The molecule has 106 valence electrons. The van der Waals surface area contributed by atoms with E-state index in [-0.39, 0.29) is 16.9 Å². The first-order valence-corrected chi connectivity index (χ1v) is 7.80. The highest BCUT2D eigenvalue weighted by molar-refractivity contribution is 7.89. The number of nitrogens with one attached hydrogen (secondary N) is 1. The third kappa shape index (κ3) is 3.19. The van der Waals surface area contributed by atoms with E-state index in [4.69, 9.17) is 9.47 Å². The largest absolute Gasteiger partial charge is 0.486 e. The molecule has 6 heteroatoms. The maximum atomic E-state index is 12.2. The van der Waals surface area contributed by atoms with Crippen LogP contribution in [0, 0.1) is 5.92 Å². The Morgan fingerprint density at radius 3 is 2.37 bits per heavy atom. The highest BCUT2D eigenvalue weighted by Crippen LogP contribution is 2.32. The Morgan fingerprint density at radius 2 is 1.74 bits per heavy atom. The van der Waals surface area contributed by atoms with Crippen LogP contribution in [0.4, 0.5) is 0 Å². The number of fused-ring (bicyclic) bond motifs is 1. The number of benzene rings is 1. The minimum atomic E-state index is -3.52. The highest BCUT2D eigenvalue weighted by atomic mass is 32.2. The van der Waals surface area contributed by atoms with Crippen molar-refractivity contribution in [1.29, 1.82) is 0 Å². The van der Waals surface area contributed by atoms with E-state index in [2.05, 4.69) is 4.72 Å². The number of hydrogen-bond donors (Lipinski definition) is 1. The van der Waals surface area contributed by atoms with Crippen molar-refractivity contribution >= 4 is 10.0 Å². The summed E-state index contributed by atoms with van der Waals surface area (Å²) in [4.78, 5) is 0.198. The smallest absolute Gasteiger partial charge is 0.240 e. The van der Waals surface area contributed by atoms with E-state index in [9.17, 15) is 8.42 Å². The van der Waals surface area contributed by atoms with Gasteiger partial charge >= 0.3 is 0 Å². The molecule has 0 fully saturated rings. The van der Waals surface area contributed by atoms with Crippen LogP contribution in [-0.4, -0.2) is 27.7 Å². The van der Waals surface area contributed by atoms with Crippen molar-refractivity contribution in [2.75, 3.05) is 13.2 Å². The molecule has 0 spiro atoms. The molecule has 5 nitrogen and oxygen atoms in total. The molecule has 0 bridgehead atoms. The lowest BCUT2D eigenvalue weighted by molar-refractivity contribution is 0.171. The van der Waals surface area contributed by atoms with Crippen LogP contribution < -0.4 is 14.2 Å². The van der Waals surface area contributed by atoms with E-state index in [1.807, 2.05) is 20.8 Å². The number of rotatable bonds is 4. The lowest BCUT2D eigenvalue weighted by atomic mass is 10.1. The molecule has 1 unspecified atom stereocenters. The Balaban J connectivity index is 2.26. The van der Waals surface area contributed by atoms with Gasteiger partial charge in [-0.15, -0.1) is 0 Å². The lowest BCUT2D eigenvalue weighted by Gasteiger charge is -2.20. The van der Waals surface area contributed by atoms with Crippen LogP contribution in [0.5, 0.6) is 11.5 Å². The number of ether oxygens (including phenoxy) is 2. The molecular weight excluding hydrogens is 266 g/mol. The fraction of sp³-hybridized carbons (Fsp3) is 0.538. The van der Waals surface area contributed by atoms with Crippen molar-refractivity contribution in [1.82, 2.24) is 4.72 Å². The van der Waals surface area contributed by atoms with Crippen LogP contribution in [0.15, 0.2) is 23.1 Å². The molecule has 0 amide bonds. The summed E-state index contributed by atoms with van der Waals surface area (Å²) in [5, 5.41) is 0. The molecule has 1 aromatic rings. The highest BCUT2D eigenvalue weighted by Gasteiger charge is 2.22. The Kier molecular flexibility index (Phi) is 4.01. The van der Waals surface area contributed by atoms with Crippen molar-refractivity contribution in [3.8, 4) is 11.5 Å². The van der Waals surface area contributed by atoms with Gasteiger partial charge in [-0.3, -0.25) is 0 Å². The van der Waals surface area contributed by atoms with Crippen molar-refractivity contribution in [2.45, 2.75) is 31.7 Å². The van der Waals surface area contributed by atoms with E-state index in [1.54, 1.807) is 6.07 Å². The average Bonchev–Trinajstić information content (AvgIpc) is 2.37. The van der Waals surface area contributed by atoms with Crippen molar-refractivity contribution < 1.29 is 17.9 Å². The van der Waals surface area contributed by atoms with Crippen molar-refractivity contribution in [3.63, 3.8) is 0 Å². The van der Waals surface area contributed by atoms with Gasteiger partial charge in [-0.25, -0.2) is 13.1 Å². The summed E-state index contributed by atoms with van der Waals surface area (Å²) in [6.07, 6.45) is 0. The zero-order valence-electron chi connectivity index (χ0n) is 11.3. The molecule has 0 saturated heterocycles. The zero-order chi connectivity index (χ0) is 14.0. The van der Waals surface area contributed by atoms with Gasteiger partial charge in [-0.1, -0.05) is 13.8 Å². The third-order valence-electron chi connectivity index (χ3n) is 3.16. The third-order valence-corrected chi connectivity index (χ3v) is 4.72. The molecule has 0 aliphatic carbocycles. The molecule has 1 aliphatic rings. The number of hydrogen-bond acceptors (Lipinski definition) is 4. The first-order valence-electron chi connectivity index (χ1n) is 6.32. The fourth-order valence-electron chi connectivity index (χ4n) is 1.64. The molecule has 1 heterocycles. The van der Waals surface area contributed by atoms with Gasteiger partial charge in [0.1, 0.15) is 13.2 Å². The molecular formula is C13H19NO4S. The molecule has 1 atom stereocenters. The second-order valence-corrected chi connectivity index (χ2v) is 6.67. The van der Waals surface area contributed by atoms with Crippen LogP contribution in [0.1, 0.15) is 20.8 Å². The fourth-order valence-corrected chi connectivity index (χ4v) is 3.05. The van der Waals surface area contributed by atoms with Crippen LogP contribution >= 0.6 is 0 Å². The zero-order valence-corrected chi connectivity index (χ0v) is 12.2. The van der Waals surface area contributed by atoms with Gasteiger partial charge in [0.05, 0.1) is 4.90 Å². The van der Waals surface area contributed by atoms with Crippen molar-refractivity contribution in [3.05, 3.63) is 18.2 Å². The quantitative estimate of drug-likeness (QED) is 0.916. The lowest BCUT2D eigenvalue weighted by Crippen LogP contribution is -2.36. The second-order valence-electron chi connectivity index (χ2n) is 4.96. The predicted molar refractivity (Wildman–Crippen MR) is 72.1 cm³/mol. The summed E-state index contributed by atoms with van der Waals surface area (Å²) in [5.41, 5.74) is 0. The summed E-state index contributed by atoms with van der Waals surface area (Å²) in [6, 6.07) is 4.54. The molecule has 0 saturated carbocycles. The molecule has 0 aromatic heterocycles. The molecule has 1 N–H and O–H groups in total. The van der Waals surface area contributed by atoms with Crippen molar-refractivity contribution in [2.24, 2.45) is 5.92 Å². The van der Waals surface area contributed by atoms with Crippen LogP contribution in [0.25, 0.3) is 0 Å². The van der Waals surface area contributed by atoms with Gasteiger partial charge in [0.2, 0.25) is 10.0 Å². The van der Waals surface area contributed by atoms with Gasteiger partial charge in [0.25, 0.3) is 0 Å². The summed E-state index contributed by atoms with van der Waals surface area (Å²) >= 11 is 0. The topological polar surface area (TPSA) is 64.6 Å². The van der Waals surface area contributed by atoms with Gasteiger partial charge in [0, 0.05) is 12.1 Å². The second kappa shape index (κ2) is 5.38. The van der Waals surface area contributed by atoms with Gasteiger partial charge < -0.3 is 9.47 Å². The first-order chi connectivity index (χ1) is 8.90. The molecule has 2 rings (SSSR count). The molecule has 1 aromatic carbocycles. The Morgan fingerprint density at radius 1 is 1.11 bits per heavy atom. The monoisotopic (exact) mass is 285 g/mol. The average molecular weight is 285 g/mol. The van der Waals surface area contributed by atoms with Gasteiger partial charge in [0.15, 0.2) is 11.5 Å². The molecule has 19 heavy (non-hydrogen) atoms. The number of sulfonamides is 1. The Bertz CT molecular complexity index is 554.